The van der Waals surface area contributed by atoms with E-state index >= 15 is 0 Å². The Bertz CT molecular complexity index is 659. The number of carbonyl (C=O) groups is 3. The third-order valence-electron chi connectivity index (χ3n) is 4.34. The molecule has 1 aromatic carbocycles. The van der Waals surface area contributed by atoms with Crippen molar-refractivity contribution >= 4 is 17.8 Å². The number of rotatable bonds is 8. The van der Waals surface area contributed by atoms with Gasteiger partial charge in [0.25, 0.3) is 5.91 Å². The van der Waals surface area contributed by atoms with Crippen LogP contribution in [0, 0.1) is 5.92 Å². The van der Waals surface area contributed by atoms with Gasteiger partial charge in [-0.05, 0) is 23.6 Å². The van der Waals surface area contributed by atoms with E-state index in [0.29, 0.717) is 5.75 Å². The Hall–Kier alpha value is -2.61. The number of ether oxygens (including phenoxy) is 1. The van der Waals surface area contributed by atoms with Crippen molar-refractivity contribution in [3.63, 3.8) is 0 Å². The van der Waals surface area contributed by atoms with Crippen LogP contribution >= 0.6 is 0 Å². The number of aliphatic hydroxyl groups is 1. The summed E-state index contributed by atoms with van der Waals surface area (Å²) in [6.07, 6.45) is -0.160. The molecular weight excluding hydrogens is 338 g/mol. The number of hydrogen-bond acceptors (Lipinski definition) is 5. The molecule has 4 amide bonds. The minimum atomic E-state index is -0.896. The molecule has 8 heteroatoms. The van der Waals surface area contributed by atoms with E-state index in [0.717, 1.165) is 10.5 Å². The molecule has 3 N–H and O–H groups in total. The molecule has 1 aliphatic heterocycles. The minimum absolute atomic E-state index is 0.0596. The number of methoxy groups -OCH3 is 1. The molecule has 142 valence electrons. The zero-order valence-corrected chi connectivity index (χ0v) is 15.2. The first-order chi connectivity index (χ1) is 12.3. The molecule has 8 nitrogen and oxygen atoms in total. The van der Waals surface area contributed by atoms with E-state index in [-0.39, 0.29) is 37.4 Å². The van der Waals surface area contributed by atoms with Crippen LogP contribution in [0.25, 0.3) is 0 Å². The van der Waals surface area contributed by atoms with Gasteiger partial charge < -0.3 is 20.5 Å². The Balaban J connectivity index is 1.95. The Morgan fingerprint density at radius 1 is 1.31 bits per heavy atom. The highest BCUT2D eigenvalue weighted by Crippen LogP contribution is 2.17. The van der Waals surface area contributed by atoms with Crippen molar-refractivity contribution in [1.82, 2.24) is 15.5 Å². The minimum Gasteiger partial charge on any atom is -0.497 e. The second kappa shape index (κ2) is 8.66. The van der Waals surface area contributed by atoms with Gasteiger partial charge >= 0.3 is 6.03 Å². The van der Waals surface area contributed by atoms with E-state index in [2.05, 4.69) is 10.6 Å². The van der Waals surface area contributed by atoms with E-state index in [1.54, 1.807) is 31.4 Å². The van der Waals surface area contributed by atoms with E-state index in [9.17, 15) is 19.5 Å². The quantitative estimate of drug-likeness (QED) is 0.588. The first-order valence-electron chi connectivity index (χ1n) is 8.50. The van der Waals surface area contributed by atoms with Gasteiger partial charge in [-0.2, -0.15) is 0 Å². The average molecular weight is 363 g/mol. The van der Waals surface area contributed by atoms with Crippen LogP contribution in [-0.4, -0.2) is 53.7 Å². The van der Waals surface area contributed by atoms with Gasteiger partial charge in [0.1, 0.15) is 11.8 Å². The smallest absolute Gasteiger partial charge is 0.325 e. The lowest BCUT2D eigenvalue weighted by Crippen LogP contribution is -2.44. The summed E-state index contributed by atoms with van der Waals surface area (Å²) in [5, 5.41) is 14.5. The van der Waals surface area contributed by atoms with Crippen molar-refractivity contribution in [1.29, 1.82) is 0 Å². The maximum atomic E-state index is 12.5. The average Bonchev–Trinajstić information content (AvgIpc) is 2.87. The number of nitrogens with one attached hydrogen (secondary N) is 2. The van der Waals surface area contributed by atoms with Crippen LogP contribution in [0.4, 0.5) is 4.79 Å². The van der Waals surface area contributed by atoms with Gasteiger partial charge in [-0.25, -0.2) is 4.79 Å². The van der Waals surface area contributed by atoms with Gasteiger partial charge in [0.15, 0.2) is 0 Å². The van der Waals surface area contributed by atoms with Gasteiger partial charge in [0.05, 0.1) is 32.7 Å². The Morgan fingerprint density at radius 2 is 1.96 bits per heavy atom. The molecule has 1 aromatic rings. The molecule has 0 bridgehead atoms. The molecule has 1 heterocycles. The van der Waals surface area contributed by atoms with Crippen molar-refractivity contribution in [3.05, 3.63) is 29.8 Å². The number of carbonyl (C=O) groups excluding carboxylic acids is 3. The number of aliphatic hydroxyl groups excluding tert-OH is 1. The number of amides is 4. The third-order valence-corrected chi connectivity index (χ3v) is 4.34. The number of imide groups is 1. The molecule has 2 rings (SSSR count). The topological polar surface area (TPSA) is 108 Å². The molecular formula is C18H25N3O5. The van der Waals surface area contributed by atoms with E-state index in [4.69, 9.17) is 4.74 Å². The fourth-order valence-electron chi connectivity index (χ4n) is 2.65. The van der Waals surface area contributed by atoms with Gasteiger partial charge in [0, 0.05) is 0 Å². The highest BCUT2D eigenvalue weighted by atomic mass is 16.5. The Kier molecular flexibility index (Phi) is 6.57. The molecule has 0 aromatic heterocycles. The maximum Gasteiger partial charge on any atom is 0.325 e. The lowest BCUT2D eigenvalue weighted by atomic mass is 10.0. The van der Waals surface area contributed by atoms with Crippen molar-refractivity contribution in [2.45, 2.75) is 38.9 Å². The van der Waals surface area contributed by atoms with Crippen LogP contribution in [0.15, 0.2) is 24.3 Å². The molecule has 1 aliphatic rings. The molecule has 0 spiro atoms. The molecule has 0 saturated carbocycles. The normalized spacial score (nSPS) is 18.0. The second-order valence-electron chi connectivity index (χ2n) is 6.58. The summed E-state index contributed by atoms with van der Waals surface area (Å²) in [7, 11) is 1.56. The summed E-state index contributed by atoms with van der Waals surface area (Å²) in [5.74, 6) is -0.0813. The van der Waals surface area contributed by atoms with E-state index in [1.807, 2.05) is 13.8 Å². The van der Waals surface area contributed by atoms with Crippen molar-refractivity contribution in [3.8, 4) is 5.75 Å². The van der Waals surface area contributed by atoms with Crippen LogP contribution in [0.5, 0.6) is 5.75 Å². The lowest BCUT2D eigenvalue weighted by Gasteiger charge is -2.20. The summed E-state index contributed by atoms with van der Waals surface area (Å²) in [6, 6.07) is 5.24. The maximum absolute atomic E-state index is 12.5. The molecule has 1 saturated heterocycles. The highest BCUT2D eigenvalue weighted by Gasteiger charge is 2.39. The van der Waals surface area contributed by atoms with Crippen LogP contribution in [0.1, 0.15) is 25.8 Å². The standard InChI is InChI=1S/C18H25N3O5/c1-11(2)15(10-22)19-16(23)8-14-17(24)21(18(25)20-14)9-12-4-6-13(26-3)7-5-12/h4-7,11,14-15,22H,8-10H2,1-3H3,(H,19,23)(H,20,25)/t14-,15+/m0/s1. The largest absolute Gasteiger partial charge is 0.497 e. The monoisotopic (exact) mass is 363 g/mol. The molecule has 0 unspecified atom stereocenters. The number of nitrogens with zero attached hydrogens (tertiary/aromatic N) is 1. The fourth-order valence-corrected chi connectivity index (χ4v) is 2.65. The zero-order valence-electron chi connectivity index (χ0n) is 15.2. The van der Waals surface area contributed by atoms with Crippen molar-refractivity contribution < 1.29 is 24.2 Å². The van der Waals surface area contributed by atoms with Gasteiger partial charge in [-0.3, -0.25) is 14.5 Å². The Morgan fingerprint density at radius 3 is 2.50 bits per heavy atom. The van der Waals surface area contributed by atoms with Gasteiger partial charge in [-0.1, -0.05) is 26.0 Å². The van der Waals surface area contributed by atoms with Crippen LogP contribution in [-0.2, 0) is 16.1 Å². The molecule has 0 radical (unpaired) electrons. The van der Waals surface area contributed by atoms with E-state index < -0.39 is 18.0 Å². The summed E-state index contributed by atoms with van der Waals surface area (Å²) >= 11 is 0. The number of urea groups is 1. The summed E-state index contributed by atoms with van der Waals surface area (Å²) in [5.41, 5.74) is 0.777. The summed E-state index contributed by atoms with van der Waals surface area (Å²) < 4.78 is 5.08. The first-order valence-corrected chi connectivity index (χ1v) is 8.50. The molecule has 2 atom stereocenters. The highest BCUT2D eigenvalue weighted by molar-refractivity contribution is 6.05. The second-order valence-corrected chi connectivity index (χ2v) is 6.58. The molecule has 1 fully saturated rings. The molecule has 0 aliphatic carbocycles. The van der Waals surface area contributed by atoms with Crippen LogP contribution in [0.3, 0.4) is 0 Å². The van der Waals surface area contributed by atoms with Crippen molar-refractivity contribution in [2.75, 3.05) is 13.7 Å². The van der Waals surface area contributed by atoms with Crippen molar-refractivity contribution in [2.24, 2.45) is 5.92 Å². The summed E-state index contributed by atoms with van der Waals surface area (Å²) in [6.45, 7) is 3.69. The number of hydrogen-bond donors (Lipinski definition) is 3. The fraction of sp³-hybridized carbons (Fsp3) is 0.500. The summed E-state index contributed by atoms with van der Waals surface area (Å²) in [4.78, 5) is 37.7. The SMILES string of the molecule is COc1ccc(CN2C(=O)N[C@@H](CC(=O)N[C@H](CO)C(C)C)C2=O)cc1. The lowest BCUT2D eigenvalue weighted by molar-refractivity contribution is -0.131. The number of benzene rings is 1. The molecule has 26 heavy (non-hydrogen) atoms. The predicted octanol–water partition coefficient (Wildman–Crippen LogP) is 0.639. The van der Waals surface area contributed by atoms with Gasteiger partial charge in [0.2, 0.25) is 5.91 Å². The van der Waals surface area contributed by atoms with Crippen LogP contribution < -0.4 is 15.4 Å². The van der Waals surface area contributed by atoms with Crippen LogP contribution in [0.2, 0.25) is 0 Å². The Labute approximate surface area is 152 Å². The zero-order chi connectivity index (χ0) is 19.3. The first kappa shape index (κ1) is 19.7. The third kappa shape index (κ3) is 4.72. The van der Waals surface area contributed by atoms with Gasteiger partial charge in [-0.15, -0.1) is 0 Å². The van der Waals surface area contributed by atoms with E-state index in [1.165, 1.54) is 0 Å². The predicted molar refractivity (Wildman–Crippen MR) is 94.3 cm³/mol.